The van der Waals surface area contributed by atoms with Crippen LogP contribution in [0.1, 0.15) is 33.3 Å². The molecular weight excluding hydrogens is 338 g/mol. The number of nitrogens with zero attached hydrogens (tertiary/aromatic N) is 1. The van der Waals surface area contributed by atoms with Crippen molar-refractivity contribution in [1.82, 2.24) is 4.90 Å². The number of hydrogen-bond acceptors (Lipinski definition) is 3. The van der Waals surface area contributed by atoms with E-state index in [-0.39, 0.29) is 6.04 Å². The van der Waals surface area contributed by atoms with E-state index < -0.39 is 17.9 Å². The number of benzene rings is 2. The van der Waals surface area contributed by atoms with Gasteiger partial charge in [-0.25, -0.2) is 4.79 Å². The minimum absolute atomic E-state index is 0.225. The van der Waals surface area contributed by atoms with Crippen LogP contribution in [0, 0.1) is 0 Å². The zero-order valence-electron chi connectivity index (χ0n) is 16.3. The number of carbonyl (C=O) groups is 1. The van der Waals surface area contributed by atoms with E-state index in [0.29, 0.717) is 6.42 Å². The SMILES string of the molecule is CC1=C[C@@H](Cc2ccc(-c3ccccc3)cc2)N(C(=O)OC(C)(C)C)C1O. The molecule has 2 aromatic carbocycles. The summed E-state index contributed by atoms with van der Waals surface area (Å²) in [7, 11) is 0. The standard InChI is InChI=1S/C23H27NO3/c1-16-14-20(24(21(16)25)22(26)27-23(2,3)4)15-17-10-12-19(13-11-17)18-8-6-5-7-9-18/h5-14,20-21,25H,15H2,1-4H3/t20-,21?/m0/s1. The third kappa shape index (κ3) is 4.58. The molecule has 0 saturated heterocycles. The Morgan fingerprint density at radius 3 is 2.22 bits per heavy atom. The van der Waals surface area contributed by atoms with Gasteiger partial charge >= 0.3 is 6.09 Å². The van der Waals surface area contributed by atoms with Crippen molar-refractivity contribution in [3.05, 3.63) is 71.8 Å². The second-order valence-electron chi connectivity index (χ2n) is 8.01. The van der Waals surface area contributed by atoms with Crippen molar-refractivity contribution in [3.63, 3.8) is 0 Å². The average Bonchev–Trinajstić information content (AvgIpc) is 2.89. The molecule has 1 aliphatic heterocycles. The van der Waals surface area contributed by atoms with Crippen LogP contribution in [0.5, 0.6) is 0 Å². The van der Waals surface area contributed by atoms with Crippen molar-refractivity contribution in [1.29, 1.82) is 0 Å². The Balaban J connectivity index is 1.75. The summed E-state index contributed by atoms with van der Waals surface area (Å²) in [6.45, 7) is 7.31. The molecular formula is C23H27NO3. The normalized spacial score (nSPS) is 19.7. The first-order chi connectivity index (χ1) is 12.7. The predicted octanol–water partition coefficient (Wildman–Crippen LogP) is 4.78. The molecule has 3 rings (SSSR count). The van der Waals surface area contributed by atoms with E-state index in [2.05, 4.69) is 36.4 Å². The Labute approximate surface area is 161 Å². The highest BCUT2D eigenvalue weighted by Crippen LogP contribution is 2.28. The van der Waals surface area contributed by atoms with Gasteiger partial charge in [0, 0.05) is 0 Å². The molecule has 0 aliphatic carbocycles. The van der Waals surface area contributed by atoms with Crippen molar-refractivity contribution in [2.45, 2.75) is 52.0 Å². The van der Waals surface area contributed by atoms with E-state index in [1.165, 1.54) is 10.5 Å². The van der Waals surface area contributed by atoms with Gasteiger partial charge in [0.2, 0.25) is 0 Å². The van der Waals surface area contributed by atoms with Crippen LogP contribution in [0.15, 0.2) is 66.2 Å². The fourth-order valence-electron chi connectivity index (χ4n) is 3.28. The zero-order valence-corrected chi connectivity index (χ0v) is 16.3. The Morgan fingerprint density at radius 1 is 1.04 bits per heavy atom. The van der Waals surface area contributed by atoms with Crippen LogP contribution in [0.4, 0.5) is 4.79 Å². The fraction of sp³-hybridized carbons (Fsp3) is 0.348. The molecule has 2 atom stereocenters. The molecule has 1 unspecified atom stereocenters. The van der Waals surface area contributed by atoms with Gasteiger partial charge in [-0.15, -0.1) is 0 Å². The summed E-state index contributed by atoms with van der Waals surface area (Å²) in [5.41, 5.74) is 3.60. The number of aliphatic hydroxyl groups excluding tert-OH is 1. The number of rotatable bonds is 3. The lowest BCUT2D eigenvalue weighted by Gasteiger charge is -2.31. The van der Waals surface area contributed by atoms with Gasteiger partial charge in [0.1, 0.15) is 5.60 Å². The third-order valence-corrected chi connectivity index (χ3v) is 4.59. The number of carbonyl (C=O) groups excluding carboxylic acids is 1. The Hall–Kier alpha value is -2.59. The average molecular weight is 365 g/mol. The summed E-state index contributed by atoms with van der Waals surface area (Å²) in [4.78, 5) is 14.0. The van der Waals surface area contributed by atoms with Crippen LogP contribution in [-0.4, -0.2) is 34.0 Å². The molecule has 4 nitrogen and oxygen atoms in total. The molecule has 1 amide bonds. The molecule has 0 saturated carbocycles. The van der Waals surface area contributed by atoms with Gasteiger partial charge in [-0.1, -0.05) is 60.7 Å². The summed E-state index contributed by atoms with van der Waals surface area (Å²) in [6, 6.07) is 18.3. The van der Waals surface area contributed by atoms with Crippen molar-refractivity contribution < 1.29 is 14.6 Å². The van der Waals surface area contributed by atoms with Crippen molar-refractivity contribution in [2.24, 2.45) is 0 Å². The molecule has 1 heterocycles. The fourth-order valence-corrected chi connectivity index (χ4v) is 3.28. The van der Waals surface area contributed by atoms with Crippen molar-refractivity contribution in [2.75, 3.05) is 0 Å². The molecule has 1 aliphatic rings. The Morgan fingerprint density at radius 2 is 1.63 bits per heavy atom. The zero-order chi connectivity index (χ0) is 19.6. The minimum Gasteiger partial charge on any atom is -0.444 e. The van der Waals surface area contributed by atoms with Gasteiger partial charge in [-0.05, 0) is 56.4 Å². The lowest BCUT2D eigenvalue weighted by Crippen LogP contribution is -2.46. The maximum Gasteiger partial charge on any atom is 0.413 e. The van der Waals surface area contributed by atoms with Gasteiger partial charge in [0.15, 0.2) is 6.23 Å². The van der Waals surface area contributed by atoms with Crippen LogP contribution >= 0.6 is 0 Å². The number of ether oxygens (including phenoxy) is 1. The minimum atomic E-state index is -0.937. The second-order valence-corrected chi connectivity index (χ2v) is 8.01. The van der Waals surface area contributed by atoms with E-state index in [4.69, 9.17) is 4.74 Å². The summed E-state index contributed by atoms with van der Waals surface area (Å²) in [5, 5.41) is 10.4. The van der Waals surface area contributed by atoms with Gasteiger partial charge in [-0.3, -0.25) is 4.90 Å². The highest BCUT2D eigenvalue weighted by atomic mass is 16.6. The third-order valence-electron chi connectivity index (χ3n) is 4.59. The molecule has 27 heavy (non-hydrogen) atoms. The molecule has 0 radical (unpaired) electrons. The molecule has 4 heteroatoms. The quantitative estimate of drug-likeness (QED) is 0.797. The lowest BCUT2D eigenvalue weighted by atomic mass is 10.0. The van der Waals surface area contributed by atoms with Gasteiger partial charge in [0.05, 0.1) is 6.04 Å². The first-order valence-electron chi connectivity index (χ1n) is 9.27. The van der Waals surface area contributed by atoms with E-state index in [9.17, 15) is 9.90 Å². The highest BCUT2D eigenvalue weighted by Gasteiger charge is 2.37. The van der Waals surface area contributed by atoms with Crippen molar-refractivity contribution in [3.8, 4) is 11.1 Å². The smallest absolute Gasteiger partial charge is 0.413 e. The summed E-state index contributed by atoms with van der Waals surface area (Å²) in [5.74, 6) is 0. The van der Waals surface area contributed by atoms with E-state index in [1.807, 2.05) is 52.0 Å². The van der Waals surface area contributed by atoms with E-state index in [1.54, 1.807) is 0 Å². The van der Waals surface area contributed by atoms with Gasteiger partial charge in [-0.2, -0.15) is 0 Å². The molecule has 0 spiro atoms. The van der Waals surface area contributed by atoms with Crippen molar-refractivity contribution >= 4 is 6.09 Å². The summed E-state index contributed by atoms with van der Waals surface area (Å²) < 4.78 is 5.48. The summed E-state index contributed by atoms with van der Waals surface area (Å²) >= 11 is 0. The van der Waals surface area contributed by atoms with Crippen LogP contribution in [0.3, 0.4) is 0 Å². The van der Waals surface area contributed by atoms with Gasteiger partial charge in [0.25, 0.3) is 0 Å². The Kier molecular flexibility index (Phi) is 5.38. The molecule has 0 fully saturated rings. The number of amides is 1. The monoisotopic (exact) mass is 365 g/mol. The van der Waals surface area contributed by atoms with Crippen LogP contribution in [0.25, 0.3) is 11.1 Å². The maximum atomic E-state index is 12.6. The molecule has 0 bridgehead atoms. The molecule has 142 valence electrons. The number of hydrogen-bond donors (Lipinski definition) is 1. The van der Waals surface area contributed by atoms with Crippen LogP contribution in [0.2, 0.25) is 0 Å². The lowest BCUT2D eigenvalue weighted by molar-refractivity contribution is -0.0189. The second kappa shape index (κ2) is 7.57. The first-order valence-corrected chi connectivity index (χ1v) is 9.27. The van der Waals surface area contributed by atoms with Crippen LogP contribution < -0.4 is 0 Å². The molecule has 1 N–H and O–H groups in total. The number of aliphatic hydroxyl groups is 1. The Bertz CT molecular complexity index is 819. The largest absolute Gasteiger partial charge is 0.444 e. The van der Waals surface area contributed by atoms with E-state index >= 15 is 0 Å². The predicted molar refractivity (Wildman–Crippen MR) is 107 cm³/mol. The van der Waals surface area contributed by atoms with Crippen LogP contribution in [-0.2, 0) is 11.2 Å². The van der Waals surface area contributed by atoms with E-state index in [0.717, 1.165) is 16.7 Å². The maximum absolute atomic E-state index is 12.6. The molecule has 2 aromatic rings. The summed E-state index contributed by atoms with van der Waals surface area (Å²) in [6.07, 6.45) is 1.14. The van der Waals surface area contributed by atoms with Gasteiger partial charge < -0.3 is 9.84 Å². The highest BCUT2D eigenvalue weighted by molar-refractivity contribution is 5.71. The first kappa shape index (κ1) is 19.2. The topological polar surface area (TPSA) is 49.8 Å². The molecule has 0 aromatic heterocycles.